The molecule has 0 saturated carbocycles. The van der Waals surface area contributed by atoms with Gasteiger partial charge < -0.3 is 4.74 Å². The molecule has 1 aromatic rings. The second-order valence-corrected chi connectivity index (χ2v) is 3.88. The maximum absolute atomic E-state index is 11.2. The van der Waals surface area contributed by atoms with Crippen molar-refractivity contribution in [1.82, 2.24) is 9.78 Å². The molecule has 0 fully saturated rings. The molecule has 0 radical (unpaired) electrons. The topological polar surface area (TPSA) is 44.1 Å². The van der Waals surface area contributed by atoms with Crippen LogP contribution in [0.5, 0.6) is 0 Å². The van der Waals surface area contributed by atoms with Crippen LogP contribution >= 0.6 is 22.6 Å². The largest absolute Gasteiger partial charge is 0.467 e. The summed E-state index contributed by atoms with van der Waals surface area (Å²) in [6.07, 6.45) is 1.73. The molecule has 0 bridgehead atoms. The summed E-state index contributed by atoms with van der Waals surface area (Å²) in [5.74, 6) is -0.275. The number of hydrogen-bond acceptors (Lipinski definition) is 3. The van der Waals surface area contributed by atoms with Crippen LogP contribution in [0.3, 0.4) is 0 Å². The lowest BCUT2D eigenvalue weighted by atomic mass is 10.3. The zero-order valence-corrected chi connectivity index (χ0v) is 9.90. The van der Waals surface area contributed by atoms with Crippen LogP contribution in [0.1, 0.15) is 18.7 Å². The van der Waals surface area contributed by atoms with Crippen molar-refractivity contribution >= 4 is 28.6 Å². The van der Waals surface area contributed by atoms with Gasteiger partial charge in [-0.2, -0.15) is 5.10 Å². The number of halogens is 1. The van der Waals surface area contributed by atoms with Gasteiger partial charge >= 0.3 is 5.97 Å². The highest BCUT2D eigenvalue weighted by Gasteiger charge is 2.18. The van der Waals surface area contributed by atoms with E-state index in [1.165, 1.54) is 7.11 Å². The number of rotatable bonds is 2. The Morgan fingerprint density at radius 3 is 2.77 bits per heavy atom. The van der Waals surface area contributed by atoms with E-state index in [1.54, 1.807) is 17.8 Å². The molecule has 1 heterocycles. The van der Waals surface area contributed by atoms with Crippen molar-refractivity contribution in [3.8, 4) is 0 Å². The number of carbonyl (C=O) groups excluding carboxylic acids is 1. The molecule has 0 aliphatic rings. The van der Waals surface area contributed by atoms with E-state index in [0.29, 0.717) is 0 Å². The first-order chi connectivity index (χ1) is 6.07. The molecule has 1 aromatic heterocycles. The lowest BCUT2D eigenvalue weighted by Gasteiger charge is -2.11. The number of hydrogen-bond donors (Lipinski definition) is 0. The van der Waals surface area contributed by atoms with Gasteiger partial charge in [0.1, 0.15) is 6.04 Å². The molecule has 1 rings (SSSR count). The Labute approximate surface area is 90.4 Å². The van der Waals surface area contributed by atoms with Crippen molar-refractivity contribution in [3.63, 3.8) is 0 Å². The molecular weight excluding hydrogens is 283 g/mol. The van der Waals surface area contributed by atoms with Crippen molar-refractivity contribution in [2.75, 3.05) is 7.11 Å². The van der Waals surface area contributed by atoms with E-state index in [9.17, 15) is 4.79 Å². The Hall–Kier alpha value is -0.590. The average molecular weight is 294 g/mol. The molecule has 4 nitrogen and oxygen atoms in total. The van der Waals surface area contributed by atoms with Crippen LogP contribution in [0.25, 0.3) is 0 Å². The van der Waals surface area contributed by atoms with Crippen LogP contribution in [-0.2, 0) is 9.53 Å². The van der Waals surface area contributed by atoms with E-state index >= 15 is 0 Å². The second-order valence-electron chi connectivity index (χ2n) is 2.72. The third-order valence-corrected chi connectivity index (χ3v) is 2.95. The van der Waals surface area contributed by atoms with E-state index in [4.69, 9.17) is 0 Å². The van der Waals surface area contributed by atoms with Crippen molar-refractivity contribution < 1.29 is 9.53 Å². The lowest BCUT2D eigenvalue weighted by molar-refractivity contribution is -0.144. The molecule has 72 valence electrons. The van der Waals surface area contributed by atoms with Crippen molar-refractivity contribution in [2.24, 2.45) is 0 Å². The molecule has 0 aliphatic heterocycles. The summed E-state index contributed by atoms with van der Waals surface area (Å²) in [6.45, 7) is 3.69. The van der Waals surface area contributed by atoms with E-state index in [0.717, 1.165) is 9.26 Å². The molecule has 0 aromatic carbocycles. The van der Waals surface area contributed by atoms with E-state index in [2.05, 4.69) is 32.4 Å². The van der Waals surface area contributed by atoms with Gasteiger partial charge in [0.25, 0.3) is 0 Å². The molecular formula is C8H11IN2O2. The summed E-state index contributed by atoms with van der Waals surface area (Å²) in [4.78, 5) is 11.2. The number of methoxy groups -OCH3 is 1. The van der Waals surface area contributed by atoms with Crippen LogP contribution in [0.4, 0.5) is 0 Å². The van der Waals surface area contributed by atoms with E-state index in [-0.39, 0.29) is 12.0 Å². The molecule has 0 N–H and O–H groups in total. The minimum Gasteiger partial charge on any atom is -0.467 e. The van der Waals surface area contributed by atoms with Crippen molar-refractivity contribution in [2.45, 2.75) is 19.9 Å². The first kappa shape index (κ1) is 10.5. The molecule has 0 amide bonds. The summed E-state index contributed by atoms with van der Waals surface area (Å²) >= 11 is 2.18. The third kappa shape index (κ3) is 2.01. The average Bonchev–Trinajstić information content (AvgIpc) is 2.45. The Morgan fingerprint density at radius 2 is 2.38 bits per heavy atom. The zero-order chi connectivity index (χ0) is 10.0. The first-order valence-electron chi connectivity index (χ1n) is 3.85. The summed E-state index contributed by atoms with van der Waals surface area (Å²) in [5, 5.41) is 4.09. The lowest BCUT2D eigenvalue weighted by Crippen LogP contribution is -2.19. The zero-order valence-electron chi connectivity index (χ0n) is 7.74. The van der Waals surface area contributed by atoms with Gasteiger partial charge in [0, 0.05) is 5.69 Å². The normalized spacial score (nSPS) is 12.6. The maximum atomic E-state index is 11.2. The van der Waals surface area contributed by atoms with Gasteiger partial charge in [-0.05, 0) is 36.4 Å². The number of carbonyl (C=O) groups is 1. The predicted octanol–water partition coefficient (Wildman–Crippen LogP) is 1.53. The second kappa shape index (κ2) is 4.08. The van der Waals surface area contributed by atoms with Crippen LogP contribution in [-0.4, -0.2) is 22.9 Å². The maximum Gasteiger partial charge on any atom is 0.330 e. The van der Waals surface area contributed by atoms with E-state index in [1.807, 2.05) is 6.92 Å². The SMILES string of the molecule is COC(=O)C(C)n1ncc(I)c1C. The number of nitrogens with zero attached hydrogens (tertiary/aromatic N) is 2. The molecule has 0 saturated heterocycles. The number of esters is 1. The quantitative estimate of drug-likeness (QED) is 0.614. The van der Waals surface area contributed by atoms with Crippen LogP contribution in [0.2, 0.25) is 0 Å². The Balaban J connectivity index is 2.95. The molecule has 13 heavy (non-hydrogen) atoms. The van der Waals surface area contributed by atoms with Crippen LogP contribution in [0.15, 0.2) is 6.20 Å². The van der Waals surface area contributed by atoms with Crippen LogP contribution < -0.4 is 0 Å². The highest BCUT2D eigenvalue weighted by molar-refractivity contribution is 14.1. The van der Waals surface area contributed by atoms with Gasteiger partial charge in [0.15, 0.2) is 0 Å². The van der Waals surface area contributed by atoms with Crippen LogP contribution in [0, 0.1) is 10.5 Å². The van der Waals surface area contributed by atoms with Gasteiger partial charge in [-0.1, -0.05) is 0 Å². The fourth-order valence-electron chi connectivity index (χ4n) is 1.06. The highest BCUT2D eigenvalue weighted by Crippen LogP contribution is 2.15. The summed E-state index contributed by atoms with van der Waals surface area (Å²) in [5.41, 5.74) is 0.985. The number of aromatic nitrogens is 2. The fourth-order valence-corrected chi connectivity index (χ4v) is 1.43. The summed E-state index contributed by atoms with van der Waals surface area (Å²) < 4.78 is 7.34. The molecule has 0 spiro atoms. The third-order valence-electron chi connectivity index (χ3n) is 1.89. The molecule has 5 heteroatoms. The fraction of sp³-hybridized carbons (Fsp3) is 0.500. The van der Waals surface area contributed by atoms with Gasteiger partial charge in [0.05, 0.1) is 16.9 Å². The van der Waals surface area contributed by atoms with Crippen molar-refractivity contribution in [3.05, 3.63) is 15.5 Å². The van der Waals surface area contributed by atoms with Gasteiger partial charge in [-0.3, -0.25) is 4.68 Å². The molecule has 1 atom stereocenters. The standard InChI is InChI=1S/C8H11IN2O2/c1-5-7(9)4-10-11(5)6(2)8(12)13-3/h4,6H,1-3H3. The Kier molecular flexibility index (Phi) is 3.29. The van der Waals surface area contributed by atoms with E-state index < -0.39 is 0 Å². The highest BCUT2D eigenvalue weighted by atomic mass is 127. The molecule has 1 unspecified atom stereocenters. The number of ether oxygens (including phenoxy) is 1. The minimum absolute atomic E-state index is 0.275. The summed E-state index contributed by atoms with van der Waals surface area (Å²) in [7, 11) is 1.38. The molecule has 0 aliphatic carbocycles. The smallest absolute Gasteiger partial charge is 0.330 e. The van der Waals surface area contributed by atoms with Gasteiger partial charge in [-0.25, -0.2) is 4.79 Å². The predicted molar refractivity (Wildman–Crippen MR) is 56.4 cm³/mol. The Bertz CT molecular complexity index is 322. The van der Waals surface area contributed by atoms with Crippen molar-refractivity contribution in [1.29, 1.82) is 0 Å². The van der Waals surface area contributed by atoms with Gasteiger partial charge in [-0.15, -0.1) is 0 Å². The Morgan fingerprint density at radius 1 is 1.77 bits per heavy atom. The minimum atomic E-state index is -0.353. The first-order valence-corrected chi connectivity index (χ1v) is 4.93. The monoisotopic (exact) mass is 294 g/mol. The van der Waals surface area contributed by atoms with Gasteiger partial charge in [0.2, 0.25) is 0 Å². The summed E-state index contributed by atoms with van der Waals surface area (Å²) in [6, 6.07) is -0.353.